The van der Waals surface area contributed by atoms with E-state index in [1.807, 2.05) is 29.6 Å². The molecule has 0 saturated carbocycles. The zero-order valence-electron chi connectivity index (χ0n) is 12.8. The second-order valence-electron chi connectivity index (χ2n) is 5.12. The van der Waals surface area contributed by atoms with Gasteiger partial charge in [0, 0.05) is 29.3 Å². The van der Waals surface area contributed by atoms with Crippen LogP contribution in [0.2, 0.25) is 5.02 Å². The zero-order chi connectivity index (χ0) is 16.8. The van der Waals surface area contributed by atoms with E-state index in [9.17, 15) is 4.79 Å². The van der Waals surface area contributed by atoms with E-state index in [4.69, 9.17) is 11.6 Å². The molecule has 1 aromatic carbocycles. The Balaban J connectivity index is 1.49. The maximum absolute atomic E-state index is 12.0. The molecule has 0 fully saturated rings. The summed E-state index contributed by atoms with van der Waals surface area (Å²) in [4.78, 5) is 24.7. The zero-order valence-corrected chi connectivity index (χ0v) is 14.3. The molecule has 24 heavy (non-hydrogen) atoms. The molecular weight excluding hydrogens is 344 g/mol. The number of nitrogens with zero attached hydrogens (tertiary/aromatic N) is 3. The SMILES string of the molecule is O=C(Cc1csc(-c2ncccn2)n1)NCCc1cccc(Cl)c1. The Morgan fingerprint density at radius 1 is 1.21 bits per heavy atom. The molecule has 7 heteroatoms. The first-order valence-electron chi connectivity index (χ1n) is 7.43. The minimum atomic E-state index is -0.0529. The lowest BCUT2D eigenvalue weighted by Gasteiger charge is -2.04. The fraction of sp³-hybridized carbons (Fsp3) is 0.176. The number of nitrogens with one attached hydrogen (secondary N) is 1. The third kappa shape index (κ3) is 4.59. The monoisotopic (exact) mass is 358 g/mol. The number of amides is 1. The Kier molecular flexibility index (Phi) is 5.51. The molecule has 0 aliphatic heterocycles. The second kappa shape index (κ2) is 7.99. The molecule has 2 heterocycles. The van der Waals surface area contributed by atoms with E-state index in [1.165, 1.54) is 11.3 Å². The van der Waals surface area contributed by atoms with E-state index in [1.54, 1.807) is 18.5 Å². The minimum Gasteiger partial charge on any atom is -0.355 e. The Morgan fingerprint density at radius 3 is 2.83 bits per heavy atom. The molecule has 0 saturated heterocycles. The van der Waals surface area contributed by atoms with Gasteiger partial charge in [0.1, 0.15) is 0 Å². The molecule has 2 aromatic heterocycles. The van der Waals surface area contributed by atoms with Crippen LogP contribution in [0.25, 0.3) is 10.8 Å². The first-order valence-corrected chi connectivity index (χ1v) is 8.69. The summed E-state index contributed by atoms with van der Waals surface area (Å²) in [6.07, 6.45) is 4.34. The van der Waals surface area contributed by atoms with E-state index >= 15 is 0 Å². The van der Waals surface area contributed by atoms with Crippen molar-refractivity contribution in [1.29, 1.82) is 0 Å². The van der Waals surface area contributed by atoms with Crippen molar-refractivity contribution in [3.63, 3.8) is 0 Å². The van der Waals surface area contributed by atoms with Gasteiger partial charge >= 0.3 is 0 Å². The van der Waals surface area contributed by atoms with Crippen molar-refractivity contribution in [2.75, 3.05) is 6.54 Å². The maximum atomic E-state index is 12.0. The van der Waals surface area contributed by atoms with E-state index < -0.39 is 0 Å². The molecule has 122 valence electrons. The number of benzene rings is 1. The molecule has 0 aliphatic rings. The minimum absolute atomic E-state index is 0.0529. The number of halogens is 1. The molecule has 0 unspecified atom stereocenters. The van der Waals surface area contributed by atoms with Crippen LogP contribution in [-0.4, -0.2) is 27.4 Å². The predicted octanol–water partition coefficient (Wildman–Crippen LogP) is 3.15. The van der Waals surface area contributed by atoms with Gasteiger partial charge in [-0.1, -0.05) is 23.7 Å². The number of aromatic nitrogens is 3. The summed E-state index contributed by atoms with van der Waals surface area (Å²) in [5, 5.41) is 6.19. The molecule has 0 radical (unpaired) electrons. The summed E-state index contributed by atoms with van der Waals surface area (Å²) < 4.78 is 0. The summed E-state index contributed by atoms with van der Waals surface area (Å²) in [7, 11) is 0. The van der Waals surface area contributed by atoms with Crippen LogP contribution in [-0.2, 0) is 17.6 Å². The van der Waals surface area contributed by atoms with Crippen LogP contribution in [0.1, 0.15) is 11.3 Å². The molecule has 0 bridgehead atoms. The van der Waals surface area contributed by atoms with Crippen LogP contribution in [0.3, 0.4) is 0 Å². The van der Waals surface area contributed by atoms with Gasteiger partial charge in [-0.2, -0.15) is 0 Å². The van der Waals surface area contributed by atoms with Crippen LogP contribution >= 0.6 is 22.9 Å². The first kappa shape index (κ1) is 16.5. The maximum Gasteiger partial charge on any atom is 0.226 e. The third-order valence-electron chi connectivity index (χ3n) is 3.28. The fourth-order valence-corrected chi connectivity index (χ4v) is 3.14. The van der Waals surface area contributed by atoms with E-state index in [0.29, 0.717) is 17.4 Å². The normalized spacial score (nSPS) is 10.5. The molecule has 5 nitrogen and oxygen atoms in total. The summed E-state index contributed by atoms with van der Waals surface area (Å²) in [6, 6.07) is 9.39. The number of thiazole rings is 1. The van der Waals surface area contributed by atoms with Crippen LogP contribution in [0.4, 0.5) is 0 Å². The highest BCUT2D eigenvalue weighted by Gasteiger charge is 2.10. The van der Waals surface area contributed by atoms with E-state index in [2.05, 4.69) is 20.3 Å². The highest BCUT2D eigenvalue weighted by molar-refractivity contribution is 7.13. The van der Waals surface area contributed by atoms with E-state index in [-0.39, 0.29) is 12.3 Å². The summed E-state index contributed by atoms with van der Waals surface area (Å²) >= 11 is 7.38. The molecule has 0 spiro atoms. The number of hydrogen-bond acceptors (Lipinski definition) is 5. The quantitative estimate of drug-likeness (QED) is 0.735. The van der Waals surface area contributed by atoms with Crippen LogP contribution in [0.5, 0.6) is 0 Å². The van der Waals surface area contributed by atoms with Gasteiger partial charge in [-0.25, -0.2) is 15.0 Å². The molecule has 0 aliphatic carbocycles. The molecule has 1 N–H and O–H groups in total. The lowest BCUT2D eigenvalue weighted by Crippen LogP contribution is -2.27. The van der Waals surface area contributed by atoms with Gasteiger partial charge in [-0.15, -0.1) is 11.3 Å². The topological polar surface area (TPSA) is 67.8 Å². The summed E-state index contributed by atoms with van der Waals surface area (Å²) in [5.74, 6) is 0.526. The molecular formula is C17H15ClN4OS. The molecule has 3 aromatic rings. The Labute approximate surface area is 148 Å². The van der Waals surface area contributed by atoms with Crippen molar-refractivity contribution in [3.05, 3.63) is 64.4 Å². The molecule has 1 amide bonds. The summed E-state index contributed by atoms with van der Waals surface area (Å²) in [6.45, 7) is 0.567. The predicted molar refractivity (Wildman–Crippen MR) is 95.0 cm³/mol. The molecule has 0 atom stereocenters. The number of carbonyl (C=O) groups is 1. The van der Waals surface area contributed by atoms with Gasteiger partial charge < -0.3 is 5.32 Å². The Morgan fingerprint density at radius 2 is 2.04 bits per heavy atom. The Bertz CT molecular complexity index is 822. The van der Waals surface area contributed by atoms with Gasteiger partial charge in [0.05, 0.1) is 12.1 Å². The van der Waals surface area contributed by atoms with Crippen molar-refractivity contribution in [2.45, 2.75) is 12.8 Å². The molecule has 3 rings (SSSR count). The lowest BCUT2D eigenvalue weighted by atomic mass is 10.1. The van der Waals surface area contributed by atoms with Gasteiger partial charge in [-0.3, -0.25) is 4.79 Å². The standard InChI is InChI=1S/C17H15ClN4OS/c18-13-4-1-3-12(9-13)5-8-19-15(23)10-14-11-24-17(22-14)16-20-6-2-7-21-16/h1-4,6-7,9,11H,5,8,10H2,(H,19,23). The lowest BCUT2D eigenvalue weighted by molar-refractivity contribution is -0.120. The van der Waals surface area contributed by atoms with Crippen molar-refractivity contribution < 1.29 is 4.79 Å². The van der Waals surface area contributed by atoms with Gasteiger partial charge in [0.25, 0.3) is 0 Å². The third-order valence-corrected chi connectivity index (χ3v) is 4.40. The first-order chi connectivity index (χ1) is 11.7. The van der Waals surface area contributed by atoms with Gasteiger partial charge in [0.2, 0.25) is 5.91 Å². The number of hydrogen-bond donors (Lipinski definition) is 1. The van der Waals surface area contributed by atoms with Gasteiger partial charge in [-0.05, 0) is 30.2 Å². The van der Waals surface area contributed by atoms with Gasteiger partial charge in [0.15, 0.2) is 10.8 Å². The Hall–Kier alpha value is -2.31. The van der Waals surface area contributed by atoms with Crippen molar-refractivity contribution >= 4 is 28.8 Å². The fourth-order valence-electron chi connectivity index (χ4n) is 2.17. The number of carbonyl (C=O) groups excluding carboxylic acids is 1. The van der Waals surface area contributed by atoms with Crippen LogP contribution in [0.15, 0.2) is 48.1 Å². The average molecular weight is 359 g/mol. The van der Waals surface area contributed by atoms with Crippen LogP contribution < -0.4 is 5.32 Å². The second-order valence-corrected chi connectivity index (χ2v) is 6.42. The summed E-state index contributed by atoms with van der Waals surface area (Å²) in [5.41, 5.74) is 1.82. The largest absolute Gasteiger partial charge is 0.355 e. The smallest absolute Gasteiger partial charge is 0.226 e. The van der Waals surface area contributed by atoms with Crippen molar-refractivity contribution in [1.82, 2.24) is 20.3 Å². The van der Waals surface area contributed by atoms with Crippen molar-refractivity contribution in [3.8, 4) is 10.8 Å². The van der Waals surface area contributed by atoms with E-state index in [0.717, 1.165) is 22.7 Å². The van der Waals surface area contributed by atoms with Crippen LogP contribution in [0, 0.1) is 0 Å². The highest BCUT2D eigenvalue weighted by atomic mass is 35.5. The van der Waals surface area contributed by atoms with Crippen molar-refractivity contribution in [2.24, 2.45) is 0 Å². The number of rotatable bonds is 6. The average Bonchev–Trinajstić information content (AvgIpc) is 3.04. The highest BCUT2D eigenvalue weighted by Crippen LogP contribution is 2.19.